The third-order valence-electron chi connectivity index (χ3n) is 3.77. The second-order valence-corrected chi connectivity index (χ2v) is 6.86. The summed E-state index contributed by atoms with van der Waals surface area (Å²) in [7, 11) is 1.57. The van der Waals surface area contributed by atoms with Gasteiger partial charge in [0.2, 0.25) is 0 Å². The topological polar surface area (TPSA) is 71.7 Å². The van der Waals surface area contributed by atoms with E-state index in [-0.39, 0.29) is 0 Å². The molecule has 0 aliphatic carbocycles. The van der Waals surface area contributed by atoms with E-state index in [9.17, 15) is 9.18 Å². The molecule has 1 aromatic heterocycles. The summed E-state index contributed by atoms with van der Waals surface area (Å²) >= 11 is 0. The van der Waals surface area contributed by atoms with Gasteiger partial charge >= 0.3 is 6.09 Å². The number of likely N-dealkylation sites (N-methyl/N-ethyl adjacent to an activating group) is 1. The molecule has 2 atom stereocenters. The molecule has 1 aromatic rings. The molecule has 1 amide bonds. The van der Waals surface area contributed by atoms with Crippen LogP contribution >= 0.6 is 0 Å². The molecule has 2 N–H and O–H groups in total. The van der Waals surface area contributed by atoms with Crippen LogP contribution in [0.5, 0.6) is 0 Å². The van der Waals surface area contributed by atoms with Crippen LogP contribution in [0.4, 0.5) is 20.7 Å². The second-order valence-electron chi connectivity index (χ2n) is 6.86. The second kappa shape index (κ2) is 6.60. The average molecular weight is 324 g/mol. The van der Waals surface area contributed by atoms with Crippen LogP contribution in [-0.4, -0.2) is 53.9 Å². The molecular formula is C16H25FN4O2. The Balaban J connectivity index is 2.10. The minimum absolute atomic E-state index is 0.328. The van der Waals surface area contributed by atoms with Gasteiger partial charge in [-0.25, -0.2) is 14.2 Å². The van der Waals surface area contributed by atoms with E-state index in [1.165, 1.54) is 4.90 Å². The van der Waals surface area contributed by atoms with E-state index in [1.807, 2.05) is 4.90 Å². The van der Waals surface area contributed by atoms with Crippen LogP contribution in [0.2, 0.25) is 0 Å². The van der Waals surface area contributed by atoms with Gasteiger partial charge < -0.3 is 20.3 Å². The van der Waals surface area contributed by atoms with Crippen molar-refractivity contribution in [1.82, 2.24) is 9.88 Å². The standard InChI is InChI=1S/C16H25FN4O2/c1-16(2,3)23-15(22)20(4)13-10-21(8-6-12(13)17)14-9-11(18)5-7-19-14/h5,7,9,12-13H,6,8,10H2,1-4H3,(H2,18,19)/t12-,13+/m1/s1. The molecule has 0 spiro atoms. The van der Waals surface area contributed by atoms with Crippen molar-refractivity contribution in [2.45, 2.75) is 45.0 Å². The van der Waals surface area contributed by atoms with Crippen molar-refractivity contribution in [2.24, 2.45) is 0 Å². The number of rotatable bonds is 2. The highest BCUT2D eigenvalue weighted by Crippen LogP contribution is 2.24. The minimum Gasteiger partial charge on any atom is -0.444 e. The first-order valence-corrected chi connectivity index (χ1v) is 7.74. The molecule has 0 saturated carbocycles. The molecule has 6 nitrogen and oxygen atoms in total. The molecule has 0 radical (unpaired) electrons. The quantitative estimate of drug-likeness (QED) is 0.905. The first-order valence-electron chi connectivity index (χ1n) is 7.74. The van der Waals surface area contributed by atoms with Crippen LogP contribution in [0, 0.1) is 0 Å². The summed E-state index contributed by atoms with van der Waals surface area (Å²) in [4.78, 5) is 19.7. The first-order chi connectivity index (χ1) is 10.7. The van der Waals surface area contributed by atoms with Gasteiger partial charge in [0, 0.05) is 38.1 Å². The average Bonchev–Trinajstić information content (AvgIpc) is 2.45. The van der Waals surface area contributed by atoms with E-state index in [1.54, 1.807) is 46.1 Å². The fraction of sp³-hybridized carbons (Fsp3) is 0.625. The first kappa shape index (κ1) is 17.3. The normalized spacial score (nSPS) is 21.9. The SMILES string of the molecule is CN(C(=O)OC(C)(C)C)[C@H]1CN(c2cc(N)ccn2)CC[C@H]1F. The van der Waals surface area contributed by atoms with Crippen LogP contribution in [0.1, 0.15) is 27.2 Å². The molecule has 7 heteroatoms. The number of nitrogen functional groups attached to an aromatic ring is 1. The highest BCUT2D eigenvalue weighted by molar-refractivity contribution is 5.68. The lowest BCUT2D eigenvalue weighted by atomic mass is 10.0. The van der Waals surface area contributed by atoms with Crippen molar-refractivity contribution in [3.63, 3.8) is 0 Å². The van der Waals surface area contributed by atoms with Gasteiger partial charge in [-0.3, -0.25) is 0 Å². The Labute approximate surface area is 136 Å². The van der Waals surface area contributed by atoms with Crippen LogP contribution in [-0.2, 0) is 4.74 Å². The Morgan fingerprint density at radius 2 is 2.22 bits per heavy atom. The van der Waals surface area contributed by atoms with Gasteiger partial charge in [0.05, 0.1) is 6.04 Å². The summed E-state index contributed by atoms with van der Waals surface area (Å²) < 4.78 is 19.7. The Hall–Kier alpha value is -2.05. The number of aromatic nitrogens is 1. The molecule has 2 heterocycles. The lowest BCUT2D eigenvalue weighted by molar-refractivity contribution is 0.0114. The number of carbonyl (C=O) groups excluding carboxylic acids is 1. The van der Waals surface area contributed by atoms with E-state index < -0.39 is 23.9 Å². The summed E-state index contributed by atoms with van der Waals surface area (Å²) in [5, 5.41) is 0. The van der Waals surface area contributed by atoms with Crippen LogP contribution < -0.4 is 10.6 Å². The predicted molar refractivity (Wildman–Crippen MR) is 88.2 cm³/mol. The molecule has 23 heavy (non-hydrogen) atoms. The van der Waals surface area contributed by atoms with E-state index in [0.717, 1.165) is 0 Å². The fourth-order valence-electron chi connectivity index (χ4n) is 2.55. The molecule has 2 rings (SSSR count). The lowest BCUT2D eigenvalue weighted by Crippen LogP contribution is -2.55. The van der Waals surface area contributed by atoms with Gasteiger partial charge in [-0.15, -0.1) is 0 Å². The number of anilines is 2. The number of carbonyl (C=O) groups is 1. The highest BCUT2D eigenvalue weighted by atomic mass is 19.1. The summed E-state index contributed by atoms with van der Waals surface area (Å²) in [6.07, 6.45) is 0.338. The monoisotopic (exact) mass is 324 g/mol. The maximum atomic E-state index is 14.3. The molecule has 1 aliphatic rings. The van der Waals surface area contributed by atoms with Crippen molar-refractivity contribution < 1.29 is 13.9 Å². The molecule has 1 aliphatic heterocycles. The Kier molecular flexibility index (Phi) is 4.97. The number of pyridine rings is 1. The number of nitrogens with zero attached hydrogens (tertiary/aromatic N) is 3. The van der Waals surface area contributed by atoms with Crippen molar-refractivity contribution in [2.75, 3.05) is 30.8 Å². The number of piperidine rings is 1. The number of ether oxygens (including phenoxy) is 1. The summed E-state index contributed by atoms with van der Waals surface area (Å²) in [5.74, 6) is 0.694. The number of hydrogen-bond donors (Lipinski definition) is 1. The number of alkyl halides is 1. The summed E-state index contributed by atoms with van der Waals surface area (Å²) in [5.41, 5.74) is 5.78. The van der Waals surface area contributed by atoms with Gasteiger partial charge in [0.15, 0.2) is 0 Å². The lowest BCUT2D eigenvalue weighted by Gasteiger charge is -2.40. The van der Waals surface area contributed by atoms with Gasteiger partial charge in [0.25, 0.3) is 0 Å². The van der Waals surface area contributed by atoms with Gasteiger partial charge in [-0.1, -0.05) is 0 Å². The Morgan fingerprint density at radius 3 is 2.83 bits per heavy atom. The molecule has 0 aromatic carbocycles. The maximum absolute atomic E-state index is 14.3. The zero-order chi connectivity index (χ0) is 17.2. The Morgan fingerprint density at radius 1 is 1.52 bits per heavy atom. The van der Waals surface area contributed by atoms with Gasteiger partial charge in [-0.2, -0.15) is 0 Å². The molecule has 0 bridgehead atoms. The van der Waals surface area contributed by atoms with E-state index in [0.29, 0.717) is 31.0 Å². The highest BCUT2D eigenvalue weighted by Gasteiger charge is 2.36. The van der Waals surface area contributed by atoms with Crippen molar-refractivity contribution >= 4 is 17.6 Å². The smallest absolute Gasteiger partial charge is 0.410 e. The van der Waals surface area contributed by atoms with Crippen LogP contribution in [0.15, 0.2) is 18.3 Å². The molecule has 1 saturated heterocycles. The van der Waals surface area contributed by atoms with Crippen LogP contribution in [0.25, 0.3) is 0 Å². The maximum Gasteiger partial charge on any atom is 0.410 e. The third kappa shape index (κ3) is 4.46. The summed E-state index contributed by atoms with van der Waals surface area (Å²) in [6.45, 7) is 6.25. The number of halogens is 1. The van der Waals surface area contributed by atoms with E-state index in [4.69, 9.17) is 10.5 Å². The third-order valence-corrected chi connectivity index (χ3v) is 3.77. The van der Waals surface area contributed by atoms with E-state index in [2.05, 4.69) is 4.98 Å². The number of hydrogen-bond acceptors (Lipinski definition) is 5. The van der Waals surface area contributed by atoms with Gasteiger partial charge in [-0.05, 0) is 33.3 Å². The predicted octanol–water partition coefficient (Wildman–Crippen LogP) is 2.45. The van der Waals surface area contributed by atoms with Crippen molar-refractivity contribution in [1.29, 1.82) is 0 Å². The van der Waals surface area contributed by atoms with Crippen molar-refractivity contribution in [3.8, 4) is 0 Å². The largest absolute Gasteiger partial charge is 0.444 e. The van der Waals surface area contributed by atoms with E-state index >= 15 is 0 Å². The zero-order valence-electron chi connectivity index (χ0n) is 14.1. The molecular weight excluding hydrogens is 299 g/mol. The van der Waals surface area contributed by atoms with Crippen LogP contribution in [0.3, 0.4) is 0 Å². The minimum atomic E-state index is -1.09. The van der Waals surface area contributed by atoms with Crippen molar-refractivity contribution in [3.05, 3.63) is 18.3 Å². The molecule has 0 unspecified atom stereocenters. The van der Waals surface area contributed by atoms with Gasteiger partial charge in [0.1, 0.15) is 17.6 Å². The fourth-order valence-corrected chi connectivity index (χ4v) is 2.55. The number of nitrogens with two attached hydrogens (primary N) is 1. The molecule has 128 valence electrons. The number of amides is 1. The summed E-state index contributed by atoms with van der Waals surface area (Å²) in [6, 6.07) is 2.88. The molecule has 1 fully saturated rings. The Bertz CT molecular complexity index is 561. The zero-order valence-corrected chi connectivity index (χ0v) is 14.1.